The van der Waals surface area contributed by atoms with Gasteiger partial charge in [0.1, 0.15) is 0 Å². The molecule has 96 valence electrons. The molecular weight excluding hydrogens is 248 g/mol. The van der Waals surface area contributed by atoms with Gasteiger partial charge < -0.3 is 5.32 Å². The van der Waals surface area contributed by atoms with Crippen molar-refractivity contribution in [1.29, 1.82) is 0 Å². The van der Waals surface area contributed by atoms with E-state index in [2.05, 4.69) is 16.8 Å². The zero-order valence-electron chi connectivity index (χ0n) is 10.7. The molecule has 1 aromatic carbocycles. The highest BCUT2D eigenvalue weighted by Crippen LogP contribution is 2.26. The highest BCUT2D eigenvalue weighted by atomic mass is 35.5. The largest absolute Gasteiger partial charge is 0.324 e. The third-order valence-corrected chi connectivity index (χ3v) is 3.33. The average Bonchev–Trinajstić information content (AvgIpc) is 2.39. The van der Waals surface area contributed by atoms with Gasteiger partial charge in [0.2, 0.25) is 5.91 Å². The van der Waals surface area contributed by atoms with Gasteiger partial charge in [-0.3, -0.25) is 9.69 Å². The average molecular weight is 265 g/mol. The fourth-order valence-corrected chi connectivity index (χ4v) is 2.31. The molecule has 1 aliphatic rings. The number of fused-ring (bicyclic) bond motifs is 1. The molecule has 0 aromatic heterocycles. The van der Waals surface area contributed by atoms with Crippen LogP contribution in [0, 0.1) is 0 Å². The fraction of sp³-hybridized carbons (Fsp3) is 0.357. The minimum Gasteiger partial charge on any atom is -0.324 e. The van der Waals surface area contributed by atoms with Gasteiger partial charge in [-0.25, -0.2) is 0 Å². The topological polar surface area (TPSA) is 32.3 Å². The van der Waals surface area contributed by atoms with Crippen LogP contribution in [0.4, 0.5) is 5.69 Å². The maximum atomic E-state index is 12.0. The van der Waals surface area contributed by atoms with Gasteiger partial charge in [-0.2, -0.15) is 0 Å². The molecule has 1 atom stereocenters. The van der Waals surface area contributed by atoms with E-state index < -0.39 is 0 Å². The lowest BCUT2D eigenvalue weighted by atomic mass is 10.1. The standard InChI is InChI=1S/C14H17ClN2O/c1-9(2)7-17-8-11-6-12(15)4-5-13(11)16-14(18)10(17)3/h4-6,10H,1,7-8H2,2-3H3,(H,16,18)/t10-/m0/s1. The van der Waals surface area contributed by atoms with E-state index in [9.17, 15) is 4.79 Å². The predicted octanol–water partition coefficient (Wildman–Crippen LogP) is 3.06. The van der Waals surface area contributed by atoms with E-state index in [0.717, 1.165) is 16.8 Å². The molecule has 18 heavy (non-hydrogen) atoms. The summed E-state index contributed by atoms with van der Waals surface area (Å²) in [7, 11) is 0. The number of nitrogens with one attached hydrogen (secondary N) is 1. The van der Waals surface area contributed by atoms with Crippen LogP contribution in [0.15, 0.2) is 30.4 Å². The second-order valence-corrected chi connectivity index (χ2v) is 5.27. The Morgan fingerprint density at radius 2 is 2.33 bits per heavy atom. The first-order chi connectivity index (χ1) is 8.47. The van der Waals surface area contributed by atoms with Crippen LogP contribution in [-0.4, -0.2) is 23.4 Å². The maximum Gasteiger partial charge on any atom is 0.241 e. The van der Waals surface area contributed by atoms with E-state index >= 15 is 0 Å². The van der Waals surface area contributed by atoms with Crippen LogP contribution in [0.3, 0.4) is 0 Å². The quantitative estimate of drug-likeness (QED) is 0.833. The number of carbonyl (C=O) groups is 1. The van der Waals surface area contributed by atoms with Crippen molar-refractivity contribution in [2.24, 2.45) is 0 Å². The van der Waals surface area contributed by atoms with Crippen LogP contribution in [0.5, 0.6) is 0 Å². The first-order valence-corrected chi connectivity index (χ1v) is 6.33. The lowest BCUT2D eigenvalue weighted by Crippen LogP contribution is -2.40. The number of anilines is 1. The maximum absolute atomic E-state index is 12.0. The minimum atomic E-state index is -0.173. The fourth-order valence-electron chi connectivity index (χ4n) is 2.11. The van der Waals surface area contributed by atoms with Crippen molar-refractivity contribution in [3.63, 3.8) is 0 Å². The molecule has 1 N–H and O–H groups in total. The third kappa shape index (κ3) is 2.74. The second kappa shape index (κ2) is 5.12. The first kappa shape index (κ1) is 13.1. The summed E-state index contributed by atoms with van der Waals surface area (Å²) in [5.41, 5.74) is 2.93. The summed E-state index contributed by atoms with van der Waals surface area (Å²) in [5, 5.41) is 3.62. The zero-order chi connectivity index (χ0) is 13.3. The van der Waals surface area contributed by atoms with Crippen molar-refractivity contribution >= 4 is 23.2 Å². The van der Waals surface area contributed by atoms with Crippen LogP contribution < -0.4 is 5.32 Å². The molecule has 3 nitrogen and oxygen atoms in total. The Kier molecular flexibility index (Phi) is 3.73. The zero-order valence-corrected chi connectivity index (χ0v) is 11.4. The molecule has 0 fully saturated rings. The molecule has 4 heteroatoms. The van der Waals surface area contributed by atoms with E-state index in [0.29, 0.717) is 18.1 Å². The van der Waals surface area contributed by atoms with Crippen molar-refractivity contribution in [2.45, 2.75) is 26.4 Å². The molecule has 2 rings (SSSR count). The Hall–Kier alpha value is -1.32. The van der Waals surface area contributed by atoms with Gasteiger partial charge in [0.05, 0.1) is 6.04 Å². The number of amides is 1. The lowest BCUT2D eigenvalue weighted by Gasteiger charge is -2.25. The number of halogens is 1. The van der Waals surface area contributed by atoms with Crippen molar-refractivity contribution in [3.05, 3.63) is 40.9 Å². The van der Waals surface area contributed by atoms with Crippen molar-refractivity contribution in [2.75, 3.05) is 11.9 Å². The summed E-state index contributed by atoms with van der Waals surface area (Å²) in [6.07, 6.45) is 0. The molecule has 0 radical (unpaired) electrons. The summed E-state index contributed by atoms with van der Waals surface area (Å²) in [5.74, 6) is 0.0114. The van der Waals surface area contributed by atoms with Gasteiger partial charge in [0, 0.05) is 23.8 Å². The van der Waals surface area contributed by atoms with Gasteiger partial charge in [-0.1, -0.05) is 23.8 Å². The second-order valence-electron chi connectivity index (χ2n) is 4.83. The van der Waals surface area contributed by atoms with Gasteiger partial charge in [-0.05, 0) is 37.6 Å². The molecular formula is C14H17ClN2O. The Labute approximate surface area is 112 Å². The number of nitrogens with zero attached hydrogens (tertiary/aromatic N) is 1. The molecule has 0 aliphatic carbocycles. The molecule has 0 bridgehead atoms. The van der Waals surface area contributed by atoms with Crippen LogP contribution in [-0.2, 0) is 11.3 Å². The Morgan fingerprint density at radius 3 is 3.00 bits per heavy atom. The molecule has 1 heterocycles. The molecule has 1 aromatic rings. The van der Waals surface area contributed by atoms with Crippen LogP contribution >= 0.6 is 11.6 Å². The van der Waals surface area contributed by atoms with Crippen LogP contribution in [0.25, 0.3) is 0 Å². The number of hydrogen-bond donors (Lipinski definition) is 1. The Balaban J connectivity index is 2.35. The van der Waals surface area contributed by atoms with Gasteiger partial charge in [-0.15, -0.1) is 0 Å². The smallest absolute Gasteiger partial charge is 0.241 e. The summed E-state index contributed by atoms with van der Waals surface area (Å²) < 4.78 is 0. The Bertz CT molecular complexity index is 499. The van der Waals surface area contributed by atoms with E-state index in [-0.39, 0.29) is 11.9 Å². The summed E-state index contributed by atoms with van der Waals surface area (Å²) in [6, 6.07) is 5.38. The Morgan fingerprint density at radius 1 is 1.61 bits per heavy atom. The molecule has 0 saturated heterocycles. The summed E-state index contributed by atoms with van der Waals surface area (Å²) >= 11 is 6.01. The van der Waals surface area contributed by atoms with Crippen LogP contribution in [0.2, 0.25) is 5.02 Å². The van der Waals surface area contributed by atoms with E-state index in [1.54, 1.807) is 6.07 Å². The minimum absolute atomic E-state index is 0.0114. The third-order valence-electron chi connectivity index (χ3n) is 3.10. The highest BCUT2D eigenvalue weighted by molar-refractivity contribution is 6.30. The molecule has 0 unspecified atom stereocenters. The predicted molar refractivity (Wildman–Crippen MR) is 74.8 cm³/mol. The number of rotatable bonds is 2. The molecule has 1 amide bonds. The highest BCUT2D eigenvalue weighted by Gasteiger charge is 2.26. The SMILES string of the molecule is C=C(C)CN1Cc2cc(Cl)ccc2NC(=O)[C@@H]1C. The number of hydrogen-bond acceptors (Lipinski definition) is 2. The van der Waals surface area contributed by atoms with Crippen LogP contribution in [0.1, 0.15) is 19.4 Å². The number of carbonyl (C=O) groups excluding carboxylic acids is 1. The van der Waals surface area contributed by atoms with Gasteiger partial charge in [0.15, 0.2) is 0 Å². The van der Waals surface area contributed by atoms with E-state index in [1.165, 1.54) is 0 Å². The molecule has 0 saturated carbocycles. The molecule has 0 spiro atoms. The molecule has 1 aliphatic heterocycles. The summed E-state index contributed by atoms with van der Waals surface area (Å²) in [4.78, 5) is 14.1. The lowest BCUT2D eigenvalue weighted by molar-refractivity contribution is -0.120. The first-order valence-electron chi connectivity index (χ1n) is 5.95. The normalized spacial score (nSPS) is 19.9. The van der Waals surface area contributed by atoms with Gasteiger partial charge in [0.25, 0.3) is 0 Å². The van der Waals surface area contributed by atoms with Gasteiger partial charge >= 0.3 is 0 Å². The van der Waals surface area contributed by atoms with Crippen molar-refractivity contribution < 1.29 is 4.79 Å². The van der Waals surface area contributed by atoms with Crippen molar-refractivity contribution in [1.82, 2.24) is 4.90 Å². The van der Waals surface area contributed by atoms with E-state index in [4.69, 9.17) is 11.6 Å². The number of benzene rings is 1. The van der Waals surface area contributed by atoms with Crippen molar-refractivity contribution in [3.8, 4) is 0 Å². The summed E-state index contributed by atoms with van der Waals surface area (Å²) in [6.45, 7) is 9.19. The van der Waals surface area contributed by atoms with E-state index in [1.807, 2.05) is 26.0 Å². The monoisotopic (exact) mass is 264 g/mol.